The molecule has 11 heteroatoms. The Morgan fingerprint density at radius 1 is 0.889 bits per heavy atom. The van der Waals surface area contributed by atoms with E-state index in [9.17, 15) is 0 Å². The Balaban J connectivity index is 1.56. The van der Waals surface area contributed by atoms with Gasteiger partial charge in [-0.25, -0.2) is 0 Å². The van der Waals surface area contributed by atoms with Gasteiger partial charge in [0.05, 0.1) is 19.9 Å². The quantitative estimate of drug-likeness (QED) is 0.431. The van der Waals surface area contributed by atoms with Crippen LogP contribution >= 0.6 is 0 Å². The van der Waals surface area contributed by atoms with Gasteiger partial charge in [0, 0.05) is 52.4 Å². The molecule has 0 saturated carbocycles. The molecule has 1 unspecified atom stereocenters. The van der Waals surface area contributed by atoms with Crippen molar-refractivity contribution >= 4 is 17.0 Å². The molecule has 2 fully saturated rings. The van der Waals surface area contributed by atoms with Gasteiger partial charge < -0.3 is 29.9 Å². The van der Waals surface area contributed by atoms with Crippen LogP contribution in [0, 0.1) is 0 Å². The third-order valence-corrected chi connectivity index (χ3v) is 7.47. The Kier molecular flexibility index (Phi) is 9.58. The minimum Gasteiger partial charge on any atom is -0.468 e. The van der Waals surface area contributed by atoms with Crippen molar-refractivity contribution in [2.45, 2.75) is 45.2 Å². The SMILES string of the molecule is CCCCOc1nc(N)c2nc(OC)n(C(CCCCN3CCN(C)CC3)N3CCN(C)CC3)c2n1. The molecule has 11 nitrogen and oxygen atoms in total. The summed E-state index contributed by atoms with van der Waals surface area (Å²) in [5, 5.41) is 0. The summed E-state index contributed by atoms with van der Waals surface area (Å²) in [5.74, 6) is 0.329. The van der Waals surface area contributed by atoms with Crippen LogP contribution < -0.4 is 15.2 Å². The van der Waals surface area contributed by atoms with Crippen LogP contribution in [0.1, 0.15) is 45.2 Å². The summed E-state index contributed by atoms with van der Waals surface area (Å²) in [7, 11) is 6.05. The number of nitrogens with zero attached hydrogens (tertiary/aromatic N) is 8. The molecule has 2 N–H and O–H groups in total. The minimum atomic E-state index is 0.0870. The lowest BCUT2D eigenvalue weighted by Crippen LogP contribution is -2.47. The molecule has 0 aliphatic carbocycles. The van der Waals surface area contributed by atoms with Crippen molar-refractivity contribution < 1.29 is 9.47 Å². The highest BCUT2D eigenvalue weighted by molar-refractivity contribution is 5.83. The van der Waals surface area contributed by atoms with Crippen LogP contribution in [0.25, 0.3) is 11.2 Å². The van der Waals surface area contributed by atoms with Crippen molar-refractivity contribution in [1.82, 2.24) is 39.1 Å². The number of likely N-dealkylation sites (N-methyl/N-ethyl adjacent to an activating group) is 2. The second-order valence-corrected chi connectivity index (χ2v) is 10.2. The molecule has 4 heterocycles. The fourth-order valence-corrected chi connectivity index (χ4v) is 5.07. The van der Waals surface area contributed by atoms with E-state index in [2.05, 4.69) is 50.2 Å². The van der Waals surface area contributed by atoms with Gasteiger partial charge in [0.2, 0.25) is 0 Å². The number of aromatic nitrogens is 4. The van der Waals surface area contributed by atoms with Crippen LogP contribution in [0.5, 0.6) is 12.0 Å². The average molecular weight is 504 g/mol. The van der Waals surface area contributed by atoms with E-state index in [-0.39, 0.29) is 6.17 Å². The Bertz CT molecular complexity index is 953. The first kappa shape index (κ1) is 26.8. The molecule has 0 radical (unpaired) electrons. The van der Waals surface area contributed by atoms with Crippen LogP contribution in [0.2, 0.25) is 0 Å². The number of fused-ring (bicyclic) bond motifs is 1. The Hall–Kier alpha value is -2.21. The topological polar surface area (TPSA) is 101 Å². The number of nitrogen functional groups attached to an aromatic ring is 1. The maximum atomic E-state index is 6.32. The van der Waals surface area contributed by atoms with Crippen molar-refractivity contribution in [3.05, 3.63) is 0 Å². The summed E-state index contributed by atoms with van der Waals surface area (Å²) in [6, 6.07) is 0.837. The second-order valence-electron chi connectivity index (χ2n) is 10.2. The van der Waals surface area contributed by atoms with E-state index in [0.29, 0.717) is 35.6 Å². The molecule has 2 aliphatic heterocycles. The highest BCUT2D eigenvalue weighted by Gasteiger charge is 2.30. The van der Waals surface area contributed by atoms with Crippen molar-refractivity contribution in [1.29, 1.82) is 0 Å². The van der Waals surface area contributed by atoms with Crippen LogP contribution in [0.15, 0.2) is 0 Å². The molecule has 2 aliphatic rings. The molecule has 1 atom stereocenters. The van der Waals surface area contributed by atoms with Crippen molar-refractivity contribution in [3.8, 4) is 12.0 Å². The summed E-state index contributed by atoms with van der Waals surface area (Å²) in [5.41, 5.74) is 7.58. The lowest BCUT2D eigenvalue weighted by molar-refractivity contribution is 0.0652. The molecular formula is C25H45N9O2. The Morgan fingerprint density at radius 3 is 2.25 bits per heavy atom. The monoisotopic (exact) mass is 503 g/mol. The van der Waals surface area contributed by atoms with E-state index in [1.165, 1.54) is 6.42 Å². The zero-order valence-electron chi connectivity index (χ0n) is 22.7. The first-order valence-corrected chi connectivity index (χ1v) is 13.6. The Labute approximate surface area is 215 Å². The summed E-state index contributed by atoms with van der Waals surface area (Å²) in [4.78, 5) is 23.7. The molecule has 2 aromatic heterocycles. The second kappa shape index (κ2) is 12.8. The predicted octanol–water partition coefficient (Wildman–Crippen LogP) is 1.76. The lowest BCUT2D eigenvalue weighted by Gasteiger charge is -2.39. The van der Waals surface area contributed by atoms with Crippen LogP contribution in [0.3, 0.4) is 0 Å². The number of ether oxygens (including phenoxy) is 2. The maximum absolute atomic E-state index is 6.32. The number of hydrogen-bond donors (Lipinski definition) is 1. The van der Waals surface area contributed by atoms with Gasteiger partial charge in [0.1, 0.15) is 0 Å². The Morgan fingerprint density at radius 2 is 1.58 bits per heavy atom. The number of rotatable bonds is 12. The fraction of sp³-hybridized carbons (Fsp3) is 0.800. The van der Waals surface area contributed by atoms with Crippen LogP contribution in [0.4, 0.5) is 5.82 Å². The van der Waals surface area contributed by atoms with Crippen molar-refractivity contribution in [2.75, 3.05) is 92.4 Å². The van der Waals surface area contributed by atoms with Gasteiger partial charge in [-0.3, -0.25) is 9.47 Å². The number of imidazole rings is 1. The van der Waals surface area contributed by atoms with E-state index in [0.717, 1.165) is 84.6 Å². The van der Waals surface area contributed by atoms with Crippen molar-refractivity contribution in [3.63, 3.8) is 0 Å². The molecule has 202 valence electrons. The van der Waals surface area contributed by atoms with Gasteiger partial charge in [-0.2, -0.15) is 15.0 Å². The largest absolute Gasteiger partial charge is 0.468 e. The van der Waals surface area contributed by atoms with Gasteiger partial charge in [-0.15, -0.1) is 0 Å². The van der Waals surface area contributed by atoms with E-state index < -0.39 is 0 Å². The number of hydrogen-bond acceptors (Lipinski definition) is 10. The standard InChI is InChI=1S/C25H45N9O2/c1-5-6-19-36-24-28-22(26)21-23(29-24)34(25(27-21)35-4)20(33-17-13-31(3)14-18-33)9-7-8-10-32-15-11-30(2)12-16-32/h20H,5-19H2,1-4H3,(H2,26,28,29). The summed E-state index contributed by atoms with van der Waals surface area (Å²) in [6.07, 6.45) is 5.36. The third-order valence-electron chi connectivity index (χ3n) is 7.47. The summed E-state index contributed by atoms with van der Waals surface area (Å²) >= 11 is 0. The van der Waals surface area contributed by atoms with E-state index in [4.69, 9.17) is 25.2 Å². The van der Waals surface area contributed by atoms with Crippen LogP contribution in [-0.2, 0) is 0 Å². The molecule has 0 spiro atoms. The van der Waals surface area contributed by atoms with Crippen LogP contribution in [-0.4, -0.2) is 126 Å². The number of nitrogens with two attached hydrogens (primary N) is 1. The molecule has 36 heavy (non-hydrogen) atoms. The molecule has 2 saturated heterocycles. The average Bonchev–Trinajstić information content (AvgIpc) is 3.25. The zero-order valence-corrected chi connectivity index (χ0v) is 22.7. The first-order valence-electron chi connectivity index (χ1n) is 13.6. The normalized spacial score (nSPS) is 19.7. The highest BCUT2D eigenvalue weighted by Crippen LogP contribution is 2.33. The third kappa shape index (κ3) is 6.56. The summed E-state index contributed by atoms with van der Waals surface area (Å²) in [6.45, 7) is 12.5. The predicted molar refractivity (Wildman–Crippen MR) is 143 cm³/mol. The number of piperazine rings is 2. The number of anilines is 1. The maximum Gasteiger partial charge on any atom is 0.320 e. The van der Waals surface area contributed by atoms with Crippen molar-refractivity contribution in [2.24, 2.45) is 0 Å². The highest BCUT2D eigenvalue weighted by atomic mass is 16.5. The first-order chi connectivity index (χ1) is 17.5. The molecule has 2 aromatic rings. The van der Waals surface area contributed by atoms with E-state index in [1.54, 1.807) is 7.11 Å². The van der Waals surface area contributed by atoms with E-state index in [1.807, 2.05) is 0 Å². The minimum absolute atomic E-state index is 0.0870. The van der Waals surface area contributed by atoms with E-state index >= 15 is 0 Å². The lowest BCUT2D eigenvalue weighted by atomic mass is 10.1. The molecule has 4 rings (SSSR count). The smallest absolute Gasteiger partial charge is 0.320 e. The molecule has 0 amide bonds. The number of unbranched alkanes of at least 4 members (excludes halogenated alkanes) is 2. The number of methoxy groups -OCH3 is 1. The molecule has 0 aromatic carbocycles. The molecular weight excluding hydrogens is 458 g/mol. The van der Waals surface area contributed by atoms with Gasteiger partial charge in [0.15, 0.2) is 17.0 Å². The zero-order chi connectivity index (χ0) is 25.5. The van der Waals surface area contributed by atoms with Gasteiger partial charge in [-0.1, -0.05) is 13.3 Å². The summed E-state index contributed by atoms with van der Waals surface area (Å²) < 4.78 is 13.7. The fourth-order valence-electron chi connectivity index (χ4n) is 5.07. The van der Waals surface area contributed by atoms with Gasteiger partial charge in [-0.05, 0) is 46.3 Å². The van der Waals surface area contributed by atoms with Gasteiger partial charge in [0.25, 0.3) is 6.01 Å². The molecule has 0 bridgehead atoms. The van der Waals surface area contributed by atoms with Gasteiger partial charge >= 0.3 is 6.01 Å².